The Bertz CT molecular complexity index is 239. The van der Waals surface area contributed by atoms with Gasteiger partial charge < -0.3 is 15.3 Å². The Kier molecular flexibility index (Phi) is 5.46. The normalized spacial score (nSPS) is 33.0. The topological polar surface area (TPSA) is 35.5 Å². The molecule has 3 heteroatoms. The van der Waals surface area contributed by atoms with Crippen LogP contribution in [0.2, 0.25) is 0 Å². The van der Waals surface area contributed by atoms with E-state index in [0.717, 1.165) is 19.4 Å². The molecular formula is C15H30N2O. The lowest BCUT2D eigenvalue weighted by atomic mass is 9.89. The van der Waals surface area contributed by atoms with Crippen LogP contribution in [0.25, 0.3) is 0 Å². The first kappa shape index (κ1) is 14.3. The van der Waals surface area contributed by atoms with Crippen molar-refractivity contribution in [2.24, 2.45) is 0 Å². The molecule has 1 saturated heterocycles. The molecule has 2 fully saturated rings. The van der Waals surface area contributed by atoms with Crippen molar-refractivity contribution in [3.8, 4) is 0 Å². The predicted octanol–water partition coefficient (Wildman–Crippen LogP) is 2.15. The summed E-state index contributed by atoms with van der Waals surface area (Å²) in [4.78, 5) is 2.40. The highest BCUT2D eigenvalue weighted by atomic mass is 16.3. The molecule has 1 aliphatic carbocycles. The third-order valence-electron chi connectivity index (χ3n) is 4.84. The van der Waals surface area contributed by atoms with E-state index in [1.54, 1.807) is 0 Å². The standard InChI is InChI=1S/C15H30N2O/c1-17-11-6-9-15(13-18,10-12-17)16-14-7-4-2-3-5-8-14/h14,16,18H,2-13H2,1H3. The van der Waals surface area contributed by atoms with Crippen molar-refractivity contribution in [3.63, 3.8) is 0 Å². The van der Waals surface area contributed by atoms with Gasteiger partial charge in [-0.05, 0) is 52.2 Å². The summed E-state index contributed by atoms with van der Waals surface area (Å²) in [6, 6.07) is 0.642. The molecule has 1 unspecified atom stereocenters. The van der Waals surface area contributed by atoms with Crippen molar-refractivity contribution < 1.29 is 5.11 Å². The van der Waals surface area contributed by atoms with Gasteiger partial charge in [0.25, 0.3) is 0 Å². The summed E-state index contributed by atoms with van der Waals surface area (Å²) in [5, 5.41) is 13.7. The van der Waals surface area contributed by atoms with Crippen molar-refractivity contribution in [2.45, 2.75) is 69.4 Å². The molecule has 0 radical (unpaired) electrons. The van der Waals surface area contributed by atoms with E-state index in [1.807, 2.05) is 0 Å². The molecule has 1 heterocycles. The lowest BCUT2D eigenvalue weighted by molar-refractivity contribution is 0.127. The average molecular weight is 254 g/mol. The zero-order valence-electron chi connectivity index (χ0n) is 12.0. The summed E-state index contributed by atoms with van der Waals surface area (Å²) in [5.74, 6) is 0. The molecule has 0 amide bonds. The maximum atomic E-state index is 9.87. The van der Waals surface area contributed by atoms with Gasteiger partial charge in [0.1, 0.15) is 0 Å². The minimum absolute atomic E-state index is 0.000231. The Morgan fingerprint density at radius 1 is 1.06 bits per heavy atom. The number of hydrogen-bond donors (Lipinski definition) is 2. The maximum Gasteiger partial charge on any atom is 0.0613 e. The lowest BCUT2D eigenvalue weighted by Gasteiger charge is -2.36. The van der Waals surface area contributed by atoms with Crippen molar-refractivity contribution in [2.75, 3.05) is 26.7 Å². The summed E-state index contributed by atoms with van der Waals surface area (Å²) in [5.41, 5.74) is -0.000231. The molecule has 2 N–H and O–H groups in total. The van der Waals surface area contributed by atoms with Gasteiger partial charge in [-0.1, -0.05) is 25.7 Å². The van der Waals surface area contributed by atoms with Crippen LogP contribution in [-0.4, -0.2) is 48.3 Å². The van der Waals surface area contributed by atoms with Crippen molar-refractivity contribution >= 4 is 0 Å². The molecule has 106 valence electrons. The summed E-state index contributed by atoms with van der Waals surface area (Å²) in [6.07, 6.45) is 11.5. The number of rotatable bonds is 3. The largest absolute Gasteiger partial charge is 0.394 e. The highest BCUT2D eigenvalue weighted by molar-refractivity contribution is 4.93. The molecular weight excluding hydrogens is 224 g/mol. The van der Waals surface area contributed by atoms with Crippen LogP contribution >= 0.6 is 0 Å². The van der Waals surface area contributed by atoms with Gasteiger partial charge >= 0.3 is 0 Å². The summed E-state index contributed by atoms with van der Waals surface area (Å²) in [7, 11) is 2.19. The third-order valence-corrected chi connectivity index (χ3v) is 4.84. The summed E-state index contributed by atoms with van der Waals surface area (Å²) >= 11 is 0. The van der Waals surface area contributed by atoms with Crippen molar-refractivity contribution in [3.05, 3.63) is 0 Å². The van der Waals surface area contributed by atoms with Crippen LogP contribution in [0.4, 0.5) is 0 Å². The first-order valence-corrected chi connectivity index (χ1v) is 7.81. The van der Waals surface area contributed by atoms with Crippen LogP contribution in [0, 0.1) is 0 Å². The van der Waals surface area contributed by atoms with E-state index in [2.05, 4.69) is 17.3 Å². The van der Waals surface area contributed by atoms with E-state index in [9.17, 15) is 5.11 Å². The fourth-order valence-corrected chi connectivity index (χ4v) is 3.53. The fraction of sp³-hybridized carbons (Fsp3) is 1.00. The van der Waals surface area contributed by atoms with Crippen LogP contribution in [0.1, 0.15) is 57.8 Å². The van der Waals surface area contributed by atoms with Gasteiger partial charge in [-0.25, -0.2) is 0 Å². The second kappa shape index (κ2) is 6.88. The predicted molar refractivity (Wildman–Crippen MR) is 75.8 cm³/mol. The zero-order chi connectivity index (χ0) is 12.8. The molecule has 1 aliphatic heterocycles. The molecule has 0 bridgehead atoms. The highest BCUT2D eigenvalue weighted by Gasteiger charge is 2.33. The van der Waals surface area contributed by atoms with Gasteiger partial charge in [-0.3, -0.25) is 0 Å². The van der Waals surface area contributed by atoms with Crippen molar-refractivity contribution in [1.82, 2.24) is 10.2 Å². The number of hydrogen-bond acceptors (Lipinski definition) is 3. The first-order chi connectivity index (χ1) is 8.74. The summed E-state index contributed by atoms with van der Waals surface area (Å²) in [6.45, 7) is 2.59. The third kappa shape index (κ3) is 3.94. The summed E-state index contributed by atoms with van der Waals surface area (Å²) < 4.78 is 0. The zero-order valence-corrected chi connectivity index (χ0v) is 12.0. The minimum Gasteiger partial charge on any atom is -0.394 e. The Hall–Kier alpha value is -0.120. The molecule has 0 aromatic carbocycles. The van der Waals surface area contributed by atoms with Crippen LogP contribution in [-0.2, 0) is 0 Å². The molecule has 1 saturated carbocycles. The quantitative estimate of drug-likeness (QED) is 0.758. The number of likely N-dealkylation sites (tertiary alicyclic amines) is 1. The van der Waals surface area contributed by atoms with E-state index < -0.39 is 0 Å². The van der Waals surface area contributed by atoms with E-state index >= 15 is 0 Å². The van der Waals surface area contributed by atoms with Crippen LogP contribution in [0.3, 0.4) is 0 Å². The van der Waals surface area contributed by atoms with Gasteiger partial charge in [0.15, 0.2) is 0 Å². The molecule has 2 aliphatic rings. The highest BCUT2D eigenvalue weighted by Crippen LogP contribution is 2.26. The molecule has 2 rings (SSSR count). The Morgan fingerprint density at radius 3 is 2.44 bits per heavy atom. The Morgan fingerprint density at radius 2 is 1.78 bits per heavy atom. The SMILES string of the molecule is CN1CCCC(CO)(NC2CCCCCC2)CC1. The number of nitrogens with zero attached hydrogens (tertiary/aromatic N) is 1. The Labute approximate surface area is 112 Å². The van der Waals surface area contributed by atoms with E-state index in [0.29, 0.717) is 12.6 Å². The average Bonchev–Trinajstić information content (AvgIpc) is 2.72. The number of nitrogens with one attached hydrogen (secondary N) is 1. The second-order valence-electron chi connectivity index (χ2n) is 6.43. The van der Waals surface area contributed by atoms with Gasteiger partial charge in [-0.2, -0.15) is 0 Å². The second-order valence-corrected chi connectivity index (χ2v) is 6.43. The molecule has 0 aromatic heterocycles. The van der Waals surface area contributed by atoms with Crippen LogP contribution < -0.4 is 5.32 Å². The minimum atomic E-state index is -0.000231. The van der Waals surface area contributed by atoms with Crippen LogP contribution in [0.5, 0.6) is 0 Å². The number of aliphatic hydroxyl groups excluding tert-OH is 1. The van der Waals surface area contributed by atoms with Crippen molar-refractivity contribution in [1.29, 1.82) is 0 Å². The van der Waals surface area contributed by atoms with E-state index in [-0.39, 0.29) is 5.54 Å². The van der Waals surface area contributed by atoms with E-state index in [4.69, 9.17) is 0 Å². The maximum absolute atomic E-state index is 9.87. The molecule has 0 spiro atoms. The van der Waals surface area contributed by atoms with Gasteiger partial charge in [0.2, 0.25) is 0 Å². The van der Waals surface area contributed by atoms with E-state index in [1.165, 1.54) is 51.5 Å². The number of aliphatic hydroxyl groups is 1. The van der Waals surface area contributed by atoms with Gasteiger partial charge in [0, 0.05) is 11.6 Å². The smallest absolute Gasteiger partial charge is 0.0613 e. The fourth-order valence-electron chi connectivity index (χ4n) is 3.53. The van der Waals surface area contributed by atoms with Crippen LogP contribution in [0.15, 0.2) is 0 Å². The monoisotopic (exact) mass is 254 g/mol. The molecule has 0 aromatic rings. The molecule has 1 atom stereocenters. The Balaban J connectivity index is 1.93. The first-order valence-electron chi connectivity index (χ1n) is 7.81. The van der Waals surface area contributed by atoms with Gasteiger partial charge in [-0.15, -0.1) is 0 Å². The van der Waals surface area contributed by atoms with Gasteiger partial charge in [0.05, 0.1) is 6.61 Å². The molecule has 3 nitrogen and oxygen atoms in total. The lowest BCUT2D eigenvalue weighted by Crippen LogP contribution is -2.53. The molecule has 18 heavy (non-hydrogen) atoms.